The Balaban J connectivity index is 1.84. The Morgan fingerprint density at radius 3 is 2.17 bits per heavy atom. The minimum atomic E-state index is 0.934. The normalized spacial score (nSPS) is 10.9. The van der Waals surface area contributed by atoms with Crippen LogP contribution >= 0.6 is 0 Å². The van der Waals surface area contributed by atoms with Gasteiger partial charge in [0.25, 0.3) is 5.82 Å². The summed E-state index contributed by atoms with van der Waals surface area (Å²) in [6, 6.07) is 21.5. The molecule has 1 aromatic heterocycles. The summed E-state index contributed by atoms with van der Waals surface area (Å²) in [4.78, 5) is 0. The summed E-state index contributed by atoms with van der Waals surface area (Å²) in [5.41, 5.74) is 2.72. The highest BCUT2D eigenvalue weighted by Gasteiger charge is 2.17. The van der Waals surface area contributed by atoms with Crippen molar-refractivity contribution in [1.82, 2.24) is 4.57 Å². The SMILES string of the molecule is CCCCCn1cc[n+](Cc2ccccc2)c1Cc1ccccc1. The molecule has 0 amide bonds. The summed E-state index contributed by atoms with van der Waals surface area (Å²) in [5, 5.41) is 0. The van der Waals surface area contributed by atoms with E-state index in [1.807, 2.05) is 0 Å². The molecule has 0 radical (unpaired) electrons. The molecule has 2 nitrogen and oxygen atoms in total. The number of rotatable bonds is 8. The summed E-state index contributed by atoms with van der Waals surface area (Å²) in [6.45, 7) is 4.30. The topological polar surface area (TPSA) is 8.81 Å². The second kappa shape index (κ2) is 8.49. The molecule has 0 fully saturated rings. The maximum atomic E-state index is 2.44. The van der Waals surface area contributed by atoms with Crippen molar-refractivity contribution in [2.45, 2.75) is 45.7 Å². The molecule has 2 aromatic carbocycles. The van der Waals surface area contributed by atoms with Gasteiger partial charge < -0.3 is 0 Å². The lowest BCUT2D eigenvalue weighted by atomic mass is 10.1. The Morgan fingerprint density at radius 1 is 0.833 bits per heavy atom. The Morgan fingerprint density at radius 2 is 1.50 bits per heavy atom. The van der Waals surface area contributed by atoms with Gasteiger partial charge in [-0.25, -0.2) is 9.13 Å². The molecule has 124 valence electrons. The Kier molecular flexibility index (Phi) is 5.84. The maximum absolute atomic E-state index is 2.44. The van der Waals surface area contributed by atoms with E-state index in [0.29, 0.717) is 0 Å². The van der Waals surface area contributed by atoms with Crippen LogP contribution in [0, 0.1) is 0 Å². The van der Waals surface area contributed by atoms with E-state index in [9.17, 15) is 0 Å². The van der Waals surface area contributed by atoms with Crippen LogP contribution in [0.25, 0.3) is 0 Å². The summed E-state index contributed by atoms with van der Waals surface area (Å²) >= 11 is 0. The quantitative estimate of drug-likeness (QED) is 0.424. The average molecular weight is 319 g/mol. The lowest BCUT2D eigenvalue weighted by molar-refractivity contribution is -0.695. The maximum Gasteiger partial charge on any atom is 0.261 e. The van der Waals surface area contributed by atoms with Crippen molar-refractivity contribution < 1.29 is 4.57 Å². The van der Waals surface area contributed by atoms with Crippen molar-refractivity contribution in [3.8, 4) is 0 Å². The zero-order valence-electron chi connectivity index (χ0n) is 14.6. The fourth-order valence-corrected chi connectivity index (χ4v) is 3.14. The van der Waals surface area contributed by atoms with Gasteiger partial charge >= 0.3 is 0 Å². The van der Waals surface area contributed by atoms with Gasteiger partial charge in [-0.3, -0.25) is 0 Å². The molecule has 0 saturated heterocycles. The van der Waals surface area contributed by atoms with E-state index in [1.165, 1.54) is 36.2 Å². The van der Waals surface area contributed by atoms with Gasteiger partial charge in [0.05, 0.1) is 13.0 Å². The largest absolute Gasteiger partial charge is 0.261 e. The van der Waals surface area contributed by atoms with Crippen molar-refractivity contribution >= 4 is 0 Å². The second-order valence-electron chi connectivity index (χ2n) is 6.39. The van der Waals surface area contributed by atoms with Crippen LogP contribution in [-0.2, 0) is 19.5 Å². The number of aromatic nitrogens is 2. The first kappa shape index (κ1) is 16.5. The van der Waals surface area contributed by atoms with Crippen LogP contribution in [0.2, 0.25) is 0 Å². The number of imidazole rings is 1. The highest BCUT2D eigenvalue weighted by molar-refractivity contribution is 5.18. The third-order valence-corrected chi connectivity index (χ3v) is 4.49. The number of nitrogens with zero attached hydrogens (tertiary/aromatic N) is 2. The first-order valence-corrected chi connectivity index (χ1v) is 9.02. The van der Waals surface area contributed by atoms with Crippen molar-refractivity contribution in [2.24, 2.45) is 0 Å². The number of hydrogen-bond donors (Lipinski definition) is 0. The molecule has 0 spiro atoms. The van der Waals surface area contributed by atoms with E-state index >= 15 is 0 Å². The molecule has 0 aliphatic rings. The van der Waals surface area contributed by atoms with Gasteiger partial charge in [0.15, 0.2) is 0 Å². The van der Waals surface area contributed by atoms with Crippen molar-refractivity contribution in [3.05, 3.63) is 90.0 Å². The van der Waals surface area contributed by atoms with Crippen LogP contribution in [0.15, 0.2) is 73.1 Å². The number of hydrogen-bond acceptors (Lipinski definition) is 0. The average Bonchev–Trinajstić information content (AvgIpc) is 2.99. The van der Waals surface area contributed by atoms with Crippen LogP contribution in [0.1, 0.15) is 43.1 Å². The molecule has 0 bridgehead atoms. The summed E-state index contributed by atoms with van der Waals surface area (Å²) in [6.07, 6.45) is 9.26. The third kappa shape index (κ3) is 4.35. The van der Waals surface area contributed by atoms with E-state index in [4.69, 9.17) is 0 Å². The molecule has 0 aliphatic heterocycles. The van der Waals surface area contributed by atoms with Gasteiger partial charge in [0.1, 0.15) is 18.9 Å². The predicted molar refractivity (Wildman–Crippen MR) is 98.9 cm³/mol. The minimum Gasteiger partial charge on any atom is -0.234 e. The lowest BCUT2D eigenvalue weighted by Gasteiger charge is -2.06. The highest BCUT2D eigenvalue weighted by Crippen LogP contribution is 2.10. The van der Waals surface area contributed by atoms with Crippen molar-refractivity contribution in [2.75, 3.05) is 0 Å². The molecule has 0 atom stereocenters. The van der Waals surface area contributed by atoms with E-state index < -0.39 is 0 Å². The molecule has 0 aliphatic carbocycles. The zero-order valence-corrected chi connectivity index (χ0v) is 14.6. The molecule has 0 unspecified atom stereocenters. The van der Waals surface area contributed by atoms with Crippen LogP contribution in [0.3, 0.4) is 0 Å². The highest BCUT2D eigenvalue weighted by atomic mass is 15.1. The first-order valence-electron chi connectivity index (χ1n) is 9.02. The van der Waals surface area contributed by atoms with Gasteiger partial charge in [-0.1, -0.05) is 74.0 Å². The fourth-order valence-electron chi connectivity index (χ4n) is 3.14. The number of aryl methyl sites for hydroxylation is 1. The van der Waals surface area contributed by atoms with Gasteiger partial charge in [-0.15, -0.1) is 0 Å². The van der Waals surface area contributed by atoms with E-state index in [0.717, 1.165) is 19.5 Å². The monoisotopic (exact) mass is 319 g/mol. The van der Waals surface area contributed by atoms with E-state index in [1.54, 1.807) is 0 Å². The smallest absolute Gasteiger partial charge is 0.234 e. The minimum absolute atomic E-state index is 0.934. The Labute approximate surface area is 145 Å². The van der Waals surface area contributed by atoms with Crippen molar-refractivity contribution in [3.63, 3.8) is 0 Å². The predicted octanol–water partition coefficient (Wildman–Crippen LogP) is 4.60. The molecular formula is C22H27N2+. The van der Waals surface area contributed by atoms with Gasteiger partial charge in [-0.05, 0) is 24.0 Å². The van der Waals surface area contributed by atoms with Crippen LogP contribution < -0.4 is 4.57 Å². The fraction of sp³-hybridized carbons (Fsp3) is 0.318. The number of benzene rings is 2. The van der Waals surface area contributed by atoms with E-state index in [2.05, 4.69) is 89.1 Å². The molecule has 0 saturated carbocycles. The second-order valence-corrected chi connectivity index (χ2v) is 6.39. The summed E-state index contributed by atoms with van der Waals surface area (Å²) in [5.74, 6) is 1.39. The standard InChI is InChI=1S/C22H27N2/c1-2-3-10-15-23-16-17-24(19-21-13-8-5-9-14-21)22(23)18-20-11-6-4-7-12-20/h4-9,11-14,16-17H,2-3,10,15,18-19H2,1H3/q+1. The summed E-state index contributed by atoms with van der Waals surface area (Å²) < 4.78 is 4.83. The van der Waals surface area contributed by atoms with E-state index in [-0.39, 0.29) is 0 Å². The van der Waals surface area contributed by atoms with Crippen LogP contribution in [0.5, 0.6) is 0 Å². The Hall–Kier alpha value is -2.35. The molecule has 3 rings (SSSR count). The molecule has 1 heterocycles. The Bertz CT molecular complexity index is 729. The molecule has 3 aromatic rings. The van der Waals surface area contributed by atoms with Gasteiger partial charge in [-0.2, -0.15) is 0 Å². The van der Waals surface area contributed by atoms with Gasteiger partial charge in [0.2, 0.25) is 0 Å². The number of unbranched alkanes of at least 4 members (excludes halogenated alkanes) is 2. The lowest BCUT2D eigenvalue weighted by Crippen LogP contribution is -2.38. The van der Waals surface area contributed by atoms with Gasteiger partial charge in [0, 0.05) is 0 Å². The van der Waals surface area contributed by atoms with Crippen LogP contribution in [-0.4, -0.2) is 4.57 Å². The summed E-state index contributed by atoms with van der Waals surface area (Å²) in [7, 11) is 0. The third-order valence-electron chi connectivity index (χ3n) is 4.49. The first-order chi connectivity index (χ1) is 11.9. The molecule has 0 N–H and O–H groups in total. The molecule has 24 heavy (non-hydrogen) atoms. The molecular weight excluding hydrogens is 292 g/mol. The molecule has 2 heteroatoms. The van der Waals surface area contributed by atoms with Crippen LogP contribution in [0.4, 0.5) is 0 Å². The van der Waals surface area contributed by atoms with Crippen molar-refractivity contribution in [1.29, 1.82) is 0 Å². The zero-order chi connectivity index (χ0) is 16.6.